The molecule has 1 fully saturated rings. The lowest BCUT2D eigenvalue weighted by atomic mass is 9.70. The summed E-state index contributed by atoms with van der Waals surface area (Å²) >= 11 is 4.57. The van der Waals surface area contributed by atoms with Gasteiger partial charge >= 0.3 is 0 Å². The Labute approximate surface area is 120 Å². The molecule has 0 saturated heterocycles. The molecule has 108 valence electrons. The molecule has 1 aliphatic rings. The summed E-state index contributed by atoms with van der Waals surface area (Å²) < 4.78 is 0. The van der Waals surface area contributed by atoms with E-state index < -0.39 is 0 Å². The maximum Gasteiger partial charge on any atom is 0.00457 e. The van der Waals surface area contributed by atoms with Crippen molar-refractivity contribution in [3.63, 3.8) is 0 Å². The normalized spacial score (nSPS) is 18.3. The van der Waals surface area contributed by atoms with E-state index in [0.717, 1.165) is 5.75 Å². The maximum atomic E-state index is 4.57. The molecular formula is C15H32N2S. The van der Waals surface area contributed by atoms with E-state index in [9.17, 15) is 0 Å². The van der Waals surface area contributed by atoms with Gasteiger partial charge in [0, 0.05) is 6.54 Å². The first-order valence-corrected chi connectivity index (χ1v) is 8.38. The van der Waals surface area contributed by atoms with Crippen LogP contribution < -0.4 is 0 Å². The summed E-state index contributed by atoms with van der Waals surface area (Å²) in [5.74, 6) is 1.07. The Morgan fingerprint density at radius 3 is 1.89 bits per heavy atom. The van der Waals surface area contributed by atoms with Gasteiger partial charge in [-0.1, -0.05) is 27.2 Å². The van der Waals surface area contributed by atoms with Crippen molar-refractivity contribution < 1.29 is 0 Å². The van der Waals surface area contributed by atoms with Crippen molar-refractivity contribution in [1.29, 1.82) is 0 Å². The smallest absolute Gasteiger partial charge is 0.00457 e. The number of hydrogen-bond donors (Lipinski definition) is 1. The van der Waals surface area contributed by atoms with Gasteiger partial charge in [-0.15, -0.1) is 0 Å². The summed E-state index contributed by atoms with van der Waals surface area (Å²) in [6.07, 6.45) is 5.50. The average Bonchev–Trinajstić information content (AvgIpc) is 2.36. The molecule has 0 bridgehead atoms. The van der Waals surface area contributed by atoms with Crippen LogP contribution in [0.3, 0.4) is 0 Å². The molecule has 3 heteroatoms. The Morgan fingerprint density at radius 2 is 1.50 bits per heavy atom. The molecule has 2 nitrogen and oxygen atoms in total. The first-order chi connectivity index (χ1) is 8.69. The number of rotatable bonds is 10. The molecule has 18 heavy (non-hydrogen) atoms. The lowest BCUT2D eigenvalue weighted by molar-refractivity contribution is 0.0905. The highest BCUT2D eigenvalue weighted by Crippen LogP contribution is 2.42. The van der Waals surface area contributed by atoms with E-state index in [1.54, 1.807) is 0 Å². The fourth-order valence-corrected chi connectivity index (χ4v) is 3.34. The van der Waals surface area contributed by atoms with Gasteiger partial charge in [0.1, 0.15) is 0 Å². The van der Waals surface area contributed by atoms with Gasteiger partial charge < -0.3 is 9.80 Å². The summed E-state index contributed by atoms with van der Waals surface area (Å²) in [6.45, 7) is 14.1. The Balaban J connectivity index is 2.25. The van der Waals surface area contributed by atoms with Crippen LogP contribution in [0.25, 0.3) is 0 Å². The van der Waals surface area contributed by atoms with E-state index in [1.807, 2.05) is 0 Å². The Bertz CT molecular complexity index is 207. The Kier molecular flexibility index (Phi) is 7.66. The van der Waals surface area contributed by atoms with E-state index in [-0.39, 0.29) is 0 Å². The van der Waals surface area contributed by atoms with Gasteiger partial charge in [-0.25, -0.2) is 0 Å². The summed E-state index contributed by atoms with van der Waals surface area (Å²) in [4.78, 5) is 5.16. The number of hydrogen-bond acceptors (Lipinski definition) is 3. The van der Waals surface area contributed by atoms with Crippen LogP contribution in [0.1, 0.15) is 46.5 Å². The Morgan fingerprint density at radius 1 is 0.944 bits per heavy atom. The van der Waals surface area contributed by atoms with Gasteiger partial charge in [0.05, 0.1) is 0 Å². The molecule has 0 spiro atoms. The highest BCUT2D eigenvalue weighted by molar-refractivity contribution is 7.80. The van der Waals surface area contributed by atoms with Crippen LogP contribution in [0.5, 0.6) is 0 Å². The van der Waals surface area contributed by atoms with Gasteiger partial charge in [0.15, 0.2) is 0 Å². The molecule has 0 radical (unpaired) electrons. The standard InChI is InChI=1S/C15H32N2S/c1-4-16(5-2)11-8-12-17(6-3)13-15(14-18)9-7-10-15/h18H,4-14H2,1-3H3. The van der Waals surface area contributed by atoms with E-state index in [1.165, 1.54) is 65.0 Å². The van der Waals surface area contributed by atoms with Crippen molar-refractivity contribution in [1.82, 2.24) is 9.80 Å². The van der Waals surface area contributed by atoms with E-state index >= 15 is 0 Å². The average molecular weight is 273 g/mol. The minimum absolute atomic E-state index is 0.550. The van der Waals surface area contributed by atoms with Gasteiger partial charge in [0.25, 0.3) is 0 Å². The van der Waals surface area contributed by atoms with E-state index in [2.05, 4.69) is 43.2 Å². The summed E-state index contributed by atoms with van der Waals surface area (Å²) in [6, 6.07) is 0. The molecule has 0 amide bonds. The van der Waals surface area contributed by atoms with E-state index in [0.29, 0.717) is 5.41 Å². The lowest BCUT2D eigenvalue weighted by Crippen LogP contribution is -2.44. The van der Waals surface area contributed by atoms with Crippen molar-refractivity contribution in [3.8, 4) is 0 Å². The molecule has 0 heterocycles. The fourth-order valence-electron chi connectivity index (χ4n) is 2.92. The second kappa shape index (κ2) is 8.44. The zero-order valence-electron chi connectivity index (χ0n) is 12.6. The minimum atomic E-state index is 0.550. The largest absolute Gasteiger partial charge is 0.304 e. The predicted octanol–water partition coefficient (Wildman–Crippen LogP) is 3.14. The molecule has 0 unspecified atom stereocenters. The number of nitrogens with zero attached hydrogens (tertiary/aromatic N) is 2. The monoisotopic (exact) mass is 272 g/mol. The van der Waals surface area contributed by atoms with Crippen LogP contribution in [0.4, 0.5) is 0 Å². The van der Waals surface area contributed by atoms with Crippen molar-refractivity contribution in [2.45, 2.75) is 46.5 Å². The molecular weight excluding hydrogens is 240 g/mol. The molecule has 0 aromatic carbocycles. The van der Waals surface area contributed by atoms with E-state index in [4.69, 9.17) is 0 Å². The molecule has 1 aliphatic carbocycles. The number of thiol groups is 1. The van der Waals surface area contributed by atoms with Crippen LogP contribution in [-0.2, 0) is 0 Å². The van der Waals surface area contributed by atoms with Crippen LogP contribution in [0.2, 0.25) is 0 Å². The third kappa shape index (κ3) is 4.75. The summed E-state index contributed by atoms with van der Waals surface area (Å²) in [7, 11) is 0. The van der Waals surface area contributed by atoms with Crippen LogP contribution in [0, 0.1) is 5.41 Å². The maximum absolute atomic E-state index is 4.57. The molecule has 1 saturated carbocycles. The van der Waals surface area contributed by atoms with Crippen molar-refractivity contribution >= 4 is 12.6 Å². The van der Waals surface area contributed by atoms with Gasteiger partial charge in [-0.05, 0) is 63.2 Å². The molecule has 1 rings (SSSR count). The second-order valence-electron chi connectivity index (χ2n) is 5.76. The zero-order chi connectivity index (χ0) is 13.4. The highest BCUT2D eigenvalue weighted by Gasteiger charge is 2.36. The minimum Gasteiger partial charge on any atom is -0.304 e. The van der Waals surface area contributed by atoms with Crippen LogP contribution >= 0.6 is 12.6 Å². The SMILES string of the molecule is CCN(CC)CCCN(CC)CC1(CS)CCC1. The van der Waals surface area contributed by atoms with Crippen molar-refractivity contribution in [2.75, 3.05) is 45.0 Å². The van der Waals surface area contributed by atoms with Gasteiger partial charge in [-0.3, -0.25) is 0 Å². The molecule has 0 N–H and O–H groups in total. The third-order valence-corrected chi connectivity index (χ3v) is 5.27. The topological polar surface area (TPSA) is 6.48 Å². The van der Waals surface area contributed by atoms with Gasteiger partial charge in [0.2, 0.25) is 0 Å². The Hall–Kier alpha value is 0.270. The predicted molar refractivity (Wildman–Crippen MR) is 84.7 cm³/mol. The molecule has 0 aliphatic heterocycles. The lowest BCUT2D eigenvalue weighted by Gasteiger charge is -2.44. The molecule has 0 atom stereocenters. The molecule has 0 aromatic heterocycles. The van der Waals surface area contributed by atoms with Crippen molar-refractivity contribution in [2.24, 2.45) is 5.41 Å². The van der Waals surface area contributed by atoms with Crippen molar-refractivity contribution in [3.05, 3.63) is 0 Å². The summed E-state index contributed by atoms with van der Waals surface area (Å²) in [5.41, 5.74) is 0.550. The zero-order valence-corrected chi connectivity index (χ0v) is 13.5. The second-order valence-corrected chi connectivity index (χ2v) is 6.08. The first kappa shape index (κ1) is 16.3. The molecule has 0 aromatic rings. The van der Waals surface area contributed by atoms with Crippen LogP contribution in [0.15, 0.2) is 0 Å². The highest BCUT2D eigenvalue weighted by atomic mass is 32.1. The van der Waals surface area contributed by atoms with Gasteiger partial charge in [-0.2, -0.15) is 12.6 Å². The summed E-state index contributed by atoms with van der Waals surface area (Å²) in [5, 5.41) is 0. The van der Waals surface area contributed by atoms with Crippen LogP contribution in [-0.4, -0.2) is 54.8 Å². The third-order valence-electron chi connectivity index (χ3n) is 4.60. The quantitative estimate of drug-likeness (QED) is 0.610. The fraction of sp³-hybridized carbons (Fsp3) is 1.00. The first-order valence-electron chi connectivity index (χ1n) is 7.75.